The van der Waals surface area contributed by atoms with Crippen molar-refractivity contribution in [1.29, 1.82) is 0 Å². The summed E-state index contributed by atoms with van der Waals surface area (Å²) < 4.78 is 5.21. The first-order valence-corrected chi connectivity index (χ1v) is 10.0. The normalized spacial score (nSPS) is 18.7. The Kier molecular flexibility index (Phi) is 7.24. The van der Waals surface area contributed by atoms with Crippen molar-refractivity contribution in [3.63, 3.8) is 0 Å². The summed E-state index contributed by atoms with van der Waals surface area (Å²) in [6, 6.07) is 12.7. The maximum atomic E-state index is 12.6. The number of amides is 3. The molecule has 30 heavy (non-hydrogen) atoms. The van der Waals surface area contributed by atoms with Crippen molar-refractivity contribution in [3.05, 3.63) is 54.4 Å². The average molecular weight is 412 g/mol. The largest absolute Gasteiger partial charge is 0.495 e. The number of likely N-dealkylation sites (N-methyl/N-ethyl adjacent to an activating group) is 1. The summed E-state index contributed by atoms with van der Waals surface area (Å²) in [4.78, 5) is 33.4. The molecular weight excluding hydrogens is 382 g/mol. The Balaban J connectivity index is 1.74. The summed E-state index contributed by atoms with van der Waals surface area (Å²) in [6.07, 6.45) is 2.32. The Morgan fingerprint density at radius 1 is 1.20 bits per heavy atom. The molecule has 0 bridgehead atoms. The van der Waals surface area contributed by atoms with Gasteiger partial charge >= 0.3 is 6.03 Å². The van der Waals surface area contributed by atoms with E-state index >= 15 is 0 Å². The van der Waals surface area contributed by atoms with E-state index in [1.807, 2.05) is 66.4 Å². The van der Waals surface area contributed by atoms with E-state index in [0.717, 1.165) is 11.4 Å². The molecule has 1 saturated heterocycles. The fraction of sp³-hybridized carbons (Fsp3) is 0.409. The van der Waals surface area contributed by atoms with Crippen LogP contribution in [0.4, 0.5) is 10.5 Å². The van der Waals surface area contributed by atoms with Crippen molar-refractivity contribution < 1.29 is 14.3 Å². The number of pyridine rings is 1. The first-order valence-electron chi connectivity index (χ1n) is 10.0. The van der Waals surface area contributed by atoms with Crippen LogP contribution in [0, 0.1) is 0 Å². The highest BCUT2D eigenvalue weighted by Gasteiger charge is 2.34. The number of carbonyl (C=O) groups excluding carboxylic acids is 2. The van der Waals surface area contributed by atoms with Crippen LogP contribution < -0.4 is 15.4 Å². The number of urea groups is 1. The van der Waals surface area contributed by atoms with Gasteiger partial charge in [0.25, 0.3) is 0 Å². The number of carbonyl (C=O) groups is 2. The number of piperidine rings is 1. The SMILES string of the molecule is COc1ccc(C2CN(C(=O)CN(C)C)CCC2NC(=O)Nc2ccccc2)nc1. The fourth-order valence-electron chi connectivity index (χ4n) is 3.61. The van der Waals surface area contributed by atoms with Crippen LogP contribution in [-0.4, -0.2) is 73.6 Å². The molecule has 1 aliphatic rings. The summed E-state index contributed by atoms with van der Waals surface area (Å²) in [6.45, 7) is 1.45. The first-order chi connectivity index (χ1) is 14.5. The summed E-state index contributed by atoms with van der Waals surface area (Å²) in [5.41, 5.74) is 1.55. The van der Waals surface area contributed by atoms with Gasteiger partial charge in [-0.15, -0.1) is 0 Å². The molecule has 2 aromatic rings. The predicted octanol–water partition coefficient (Wildman–Crippen LogP) is 2.16. The number of rotatable bonds is 6. The number of benzene rings is 1. The van der Waals surface area contributed by atoms with Gasteiger partial charge in [-0.1, -0.05) is 18.2 Å². The van der Waals surface area contributed by atoms with E-state index < -0.39 is 0 Å². The van der Waals surface area contributed by atoms with Gasteiger partial charge in [0.05, 0.1) is 19.9 Å². The molecule has 3 rings (SSSR count). The number of methoxy groups -OCH3 is 1. The number of para-hydroxylation sites is 1. The first kappa shape index (κ1) is 21.6. The molecule has 1 fully saturated rings. The number of nitrogens with one attached hydrogen (secondary N) is 2. The molecule has 2 atom stereocenters. The monoisotopic (exact) mass is 411 g/mol. The maximum absolute atomic E-state index is 12.6. The molecule has 8 nitrogen and oxygen atoms in total. The molecule has 2 unspecified atom stereocenters. The van der Waals surface area contributed by atoms with Gasteiger partial charge in [-0.3, -0.25) is 9.78 Å². The summed E-state index contributed by atoms with van der Waals surface area (Å²) in [5.74, 6) is 0.629. The Labute approximate surface area is 177 Å². The van der Waals surface area contributed by atoms with Crippen molar-refractivity contribution >= 4 is 17.6 Å². The predicted molar refractivity (Wildman–Crippen MR) is 116 cm³/mol. The van der Waals surface area contributed by atoms with Crippen molar-refractivity contribution in [1.82, 2.24) is 20.1 Å². The lowest BCUT2D eigenvalue weighted by atomic mass is 9.88. The molecule has 8 heteroatoms. The molecule has 0 saturated carbocycles. The molecule has 0 spiro atoms. The second kappa shape index (κ2) is 10.1. The van der Waals surface area contributed by atoms with E-state index in [0.29, 0.717) is 31.8 Å². The van der Waals surface area contributed by atoms with E-state index in [9.17, 15) is 9.59 Å². The number of ether oxygens (including phenoxy) is 1. The van der Waals surface area contributed by atoms with E-state index in [4.69, 9.17) is 4.74 Å². The zero-order valence-corrected chi connectivity index (χ0v) is 17.7. The quantitative estimate of drug-likeness (QED) is 0.761. The standard InChI is InChI=1S/C22H29N5O3/c1-26(2)15-21(28)27-12-11-20(25-22(29)24-16-7-5-4-6-8-16)18(14-27)19-10-9-17(30-3)13-23-19/h4-10,13,18,20H,11-12,14-15H2,1-3H3,(H2,24,25,29). The van der Waals surface area contributed by atoms with E-state index in [2.05, 4.69) is 15.6 Å². The molecule has 1 aromatic carbocycles. The van der Waals surface area contributed by atoms with Crippen LogP contribution in [0.3, 0.4) is 0 Å². The maximum Gasteiger partial charge on any atom is 0.319 e. The van der Waals surface area contributed by atoms with Crippen LogP contribution in [0.5, 0.6) is 5.75 Å². The molecule has 160 valence electrons. The highest BCUT2D eigenvalue weighted by Crippen LogP contribution is 2.27. The van der Waals surface area contributed by atoms with Gasteiger partial charge in [0, 0.05) is 36.4 Å². The summed E-state index contributed by atoms with van der Waals surface area (Å²) in [5, 5.41) is 5.94. The average Bonchev–Trinajstić information content (AvgIpc) is 2.74. The topological polar surface area (TPSA) is 86.8 Å². The summed E-state index contributed by atoms with van der Waals surface area (Å²) in [7, 11) is 5.35. The van der Waals surface area contributed by atoms with Crippen molar-refractivity contribution in [2.75, 3.05) is 46.2 Å². The Bertz CT molecular complexity index is 842. The molecule has 3 amide bonds. The number of hydrogen-bond donors (Lipinski definition) is 2. The lowest BCUT2D eigenvalue weighted by Gasteiger charge is -2.39. The minimum atomic E-state index is -0.266. The number of nitrogens with zero attached hydrogens (tertiary/aromatic N) is 3. The minimum Gasteiger partial charge on any atom is -0.495 e. The third-order valence-electron chi connectivity index (χ3n) is 5.14. The lowest BCUT2D eigenvalue weighted by molar-refractivity contribution is -0.133. The summed E-state index contributed by atoms with van der Waals surface area (Å²) >= 11 is 0. The second-order valence-corrected chi connectivity index (χ2v) is 7.67. The highest BCUT2D eigenvalue weighted by atomic mass is 16.5. The number of likely N-dealkylation sites (tertiary alicyclic amines) is 1. The van der Waals surface area contributed by atoms with Gasteiger partial charge in [-0.25, -0.2) is 4.79 Å². The number of anilines is 1. The van der Waals surface area contributed by atoms with Crippen LogP contribution in [0.1, 0.15) is 18.0 Å². The van der Waals surface area contributed by atoms with Gasteiger partial charge < -0.3 is 25.2 Å². The molecule has 1 aliphatic heterocycles. The molecule has 2 heterocycles. The fourth-order valence-corrected chi connectivity index (χ4v) is 3.61. The Morgan fingerprint density at radius 3 is 2.60 bits per heavy atom. The lowest BCUT2D eigenvalue weighted by Crippen LogP contribution is -2.53. The van der Waals surface area contributed by atoms with Crippen LogP contribution >= 0.6 is 0 Å². The van der Waals surface area contributed by atoms with Crippen molar-refractivity contribution in [3.8, 4) is 5.75 Å². The van der Waals surface area contributed by atoms with Gasteiger partial charge in [-0.05, 0) is 44.8 Å². The van der Waals surface area contributed by atoms with Gasteiger partial charge in [0.15, 0.2) is 0 Å². The molecule has 0 aliphatic carbocycles. The molecule has 1 aromatic heterocycles. The van der Waals surface area contributed by atoms with Crippen molar-refractivity contribution in [2.24, 2.45) is 0 Å². The Hall–Kier alpha value is -3.13. The zero-order chi connectivity index (χ0) is 21.5. The van der Waals surface area contributed by atoms with Crippen LogP contribution in [0.15, 0.2) is 48.7 Å². The zero-order valence-electron chi connectivity index (χ0n) is 17.7. The minimum absolute atomic E-state index is 0.0747. The second-order valence-electron chi connectivity index (χ2n) is 7.67. The molecule has 0 radical (unpaired) electrons. The molecular formula is C22H29N5O3. The van der Waals surface area contributed by atoms with Gasteiger partial charge in [0.2, 0.25) is 5.91 Å². The third-order valence-corrected chi connectivity index (χ3v) is 5.14. The van der Waals surface area contributed by atoms with E-state index in [1.165, 1.54) is 0 Å². The van der Waals surface area contributed by atoms with Crippen LogP contribution in [0.2, 0.25) is 0 Å². The number of hydrogen-bond acceptors (Lipinski definition) is 5. The highest BCUT2D eigenvalue weighted by molar-refractivity contribution is 5.89. The smallest absolute Gasteiger partial charge is 0.319 e. The number of aromatic nitrogens is 1. The van der Waals surface area contributed by atoms with Crippen LogP contribution in [-0.2, 0) is 4.79 Å². The van der Waals surface area contributed by atoms with E-state index in [-0.39, 0.29) is 23.9 Å². The third kappa shape index (κ3) is 5.70. The van der Waals surface area contributed by atoms with Gasteiger partial charge in [0.1, 0.15) is 5.75 Å². The molecule has 2 N–H and O–H groups in total. The Morgan fingerprint density at radius 2 is 1.97 bits per heavy atom. The van der Waals surface area contributed by atoms with Crippen LogP contribution in [0.25, 0.3) is 0 Å². The van der Waals surface area contributed by atoms with E-state index in [1.54, 1.807) is 13.3 Å². The van der Waals surface area contributed by atoms with Crippen molar-refractivity contribution in [2.45, 2.75) is 18.4 Å². The van der Waals surface area contributed by atoms with Gasteiger partial charge in [-0.2, -0.15) is 0 Å².